The molecule has 0 fully saturated rings. The molecule has 2 N–H and O–H groups in total. The lowest BCUT2D eigenvalue weighted by atomic mass is 10.0. The van der Waals surface area contributed by atoms with E-state index in [1.54, 1.807) is 7.11 Å². The van der Waals surface area contributed by atoms with E-state index in [1.165, 1.54) is 0 Å². The summed E-state index contributed by atoms with van der Waals surface area (Å²) in [6.45, 7) is 4.57. The van der Waals surface area contributed by atoms with Gasteiger partial charge in [-0.25, -0.2) is 0 Å². The van der Waals surface area contributed by atoms with E-state index in [-0.39, 0.29) is 6.04 Å². The normalized spacial score (nSPS) is 13.5. The highest BCUT2D eigenvalue weighted by atomic mass is 16.5. The van der Waals surface area contributed by atoms with Crippen LogP contribution in [0.2, 0.25) is 0 Å². The average molecular weight is 199 g/mol. The number of nitrogens with zero attached hydrogens (tertiary/aromatic N) is 2. The summed E-state index contributed by atoms with van der Waals surface area (Å²) >= 11 is 0. The fourth-order valence-corrected chi connectivity index (χ4v) is 1.21. The van der Waals surface area contributed by atoms with Crippen molar-refractivity contribution in [3.63, 3.8) is 0 Å². The minimum Gasteiger partial charge on any atom is -0.377 e. The van der Waals surface area contributed by atoms with E-state index in [4.69, 9.17) is 15.0 Å². The molecule has 1 heterocycles. The lowest BCUT2D eigenvalue weighted by molar-refractivity contribution is 0.174. The van der Waals surface area contributed by atoms with Gasteiger partial charge in [-0.2, -0.15) is 4.98 Å². The van der Waals surface area contributed by atoms with Gasteiger partial charge in [0.1, 0.15) is 6.61 Å². The van der Waals surface area contributed by atoms with Gasteiger partial charge in [0.2, 0.25) is 5.89 Å². The fraction of sp³-hybridized carbons (Fsp3) is 0.778. The molecule has 80 valence electrons. The first-order chi connectivity index (χ1) is 6.63. The molecule has 1 unspecified atom stereocenters. The monoisotopic (exact) mass is 199 g/mol. The smallest absolute Gasteiger partial charge is 0.243 e. The van der Waals surface area contributed by atoms with Crippen LogP contribution < -0.4 is 5.73 Å². The van der Waals surface area contributed by atoms with E-state index < -0.39 is 0 Å². The van der Waals surface area contributed by atoms with E-state index in [1.807, 2.05) is 0 Å². The van der Waals surface area contributed by atoms with Gasteiger partial charge in [0.15, 0.2) is 5.82 Å². The van der Waals surface area contributed by atoms with Gasteiger partial charge >= 0.3 is 0 Å². The van der Waals surface area contributed by atoms with E-state index in [0.717, 1.165) is 6.42 Å². The van der Waals surface area contributed by atoms with Gasteiger partial charge < -0.3 is 15.0 Å². The van der Waals surface area contributed by atoms with Crippen LogP contribution in [0.15, 0.2) is 4.52 Å². The van der Waals surface area contributed by atoms with Crippen molar-refractivity contribution in [1.82, 2.24) is 10.1 Å². The summed E-state index contributed by atoms with van der Waals surface area (Å²) in [6.07, 6.45) is 0.842. The Kier molecular flexibility index (Phi) is 4.03. The van der Waals surface area contributed by atoms with Crippen LogP contribution in [0.4, 0.5) is 0 Å². The zero-order chi connectivity index (χ0) is 10.6. The van der Waals surface area contributed by atoms with Gasteiger partial charge in [0.25, 0.3) is 0 Å². The van der Waals surface area contributed by atoms with E-state index >= 15 is 0 Å². The molecule has 5 heteroatoms. The number of nitrogens with two attached hydrogens (primary N) is 1. The van der Waals surface area contributed by atoms with Crippen LogP contribution >= 0.6 is 0 Å². The highest BCUT2D eigenvalue weighted by Crippen LogP contribution is 2.16. The Balaban J connectivity index is 2.57. The van der Waals surface area contributed by atoms with Gasteiger partial charge in [-0.3, -0.25) is 0 Å². The van der Waals surface area contributed by atoms with E-state index in [9.17, 15) is 0 Å². The topological polar surface area (TPSA) is 74.2 Å². The van der Waals surface area contributed by atoms with Crippen molar-refractivity contribution in [2.45, 2.75) is 32.9 Å². The van der Waals surface area contributed by atoms with Crippen LogP contribution in [-0.4, -0.2) is 17.3 Å². The van der Waals surface area contributed by atoms with Crippen LogP contribution in [0.1, 0.15) is 38.0 Å². The molecule has 1 aromatic rings. The number of ether oxygens (including phenoxy) is 1. The summed E-state index contributed by atoms with van der Waals surface area (Å²) in [5, 5.41) is 3.74. The first kappa shape index (κ1) is 11.1. The Labute approximate surface area is 83.6 Å². The first-order valence-corrected chi connectivity index (χ1v) is 4.70. The second-order valence-electron chi connectivity index (χ2n) is 3.72. The maximum absolute atomic E-state index is 5.87. The third-order valence-corrected chi connectivity index (χ3v) is 1.80. The van der Waals surface area contributed by atoms with Crippen molar-refractivity contribution in [2.75, 3.05) is 7.11 Å². The van der Waals surface area contributed by atoms with Crippen molar-refractivity contribution in [2.24, 2.45) is 11.7 Å². The maximum Gasteiger partial charge on any atom is 0.243 e. The summed E-state index contributed by atoms with van der Waals surface area (Å²) in [6, 6.07) is -0.173. The largest absolute Gasteiger partial charge is 0.377 e. The van der Waals surface area contributed by atoms with Crippen molar-refractivity contribution in [1.29, 1.82) is 0 Å². The average Bonchev–Trinajstić information content (AvgIpc) is 2.52. The molecule has 0 aliphatic heterocycles. The lowest BCUT2D eigenvalue weighted by Crippen LogP contribution is -2.13. The molecule has 14 heavy (non-hydrogen) atoms. The number of methoxy groups -OCH3 is 1. The zero-order valence-corrected chi connectivity index (χ0v) is 8.86. The highest BCUT2D eigenvalue weighted by Gasteiger charge is 2.15. The Hall–Kier alpha value is -0.940. The number of rotatable bonds is 5. The Morgan fingerprint density at radius 2 is 2.21 bits per heavy atom. The molecule has 1 aromatic heterocycles. The van der Waals surface area contributed by atoms with Crippen LogP contribution in [-0.2, 0) is 11.3 Å². The second-order valence-corrected chi connectivity index (χ2v) is 3.72. The van der Waals surface area contributed by atoms with E-state index in [0.29, 0.717) is 24.2 Å². The molecule has 1 rings (SSSR count). The van der Waals surface area contributed by atoms with E-state index in [2.05, 4.69) is 24.0 Å². The Morgan fingerprint density at radius 3 is 2.79 bits per heavy atom. The van der Waals surface area contributed by atoms with Crippen molar-refractivity contribution < 1.29 is 9.26 Å². The van der Waals surface area contributed by atoms with Crippen molar-refractivity contribution >= 4 is 0 Å². The third-order valence-electron chi connectivity index (χ3n) is 1.80. The minimum atomic E-state index is -0.173. The maximum atomic E-state index is 5.87. The predicted octanol–water partition coefficient (Wildman–Crippen LogP) is 1.26. The zero-order valence-electron chi connectivity index (χ0n) is 8.86. The van der Waals surface area contributed by atoms with Crippen LogP contribution in [0.25, 0.3) is 0 Å². The second kappa shape index (κ2) is 5.07. The molecule has 5 nitrogen and oxygen atoms in total. The highest BCUT2D eigenvalue weighted by molar-refractivity contribution is 4.90. The molecular formula is C9H17N3O2. The SMILES string of the molecule is COCc1noc(C(N)CC(C)C)n1. The van der Waals surface area contributed by atoms with Gasteiger partial charge in [-0.05, 0) is 12.3 Å². The summed E-state index contributed by atoms with van der Waals surface area (Å²) in [4.78, 5) is 4.13. The van der Waals surface area contributed by atoms with Crippen molar-refractivity contribution in [3.05, 3.63) is 11.7 Å². The summed E-state index contributed by atoms with van der Waals surface area (Å²) < 4.78 is 9.89. The third kappa shape index (κ3) is 3.08. The molecule has 1 atom stereocenters. The molecule has 0 aromatic carbocycles. The Morgan fingerprint density at radius 1 is 1.50 bits per heavy atom. The van der Waals surface area contributed by atoms with Gasteiger partial charge in [-0.15, -0.1) is 0 Å². The summed E-state index contributed by atoms with van der Waals surface area (Å²) in [5.41, 5.74) is 5.87. The predicted molar refractivity (Wildman–Crippen MR) is 51.4 cm³/mol. The first-order valence-electron chi connectivity index (χ1n) is 4.70. The molecule has 0 spiro atoms. The molecule has 0 radical (unpaired) electrons. The molecule has 0 amide bonds. The number of aromatic nitrogens is 2. The van der Waals surface area contributed by atoms with Gasteiger partial charge in [0, 0.05) is 7.11 Å². The van der Waals surface area contributed by atoms with Gasteiger partial charge in [-0.1, -0.05) is 19.0 Å². The van der Waals surface area contributed by atoms with Crippen LogP contribution in [0.5, 0.6) is 0 Å². The Bertz CT molecular complexity index is 273. The number of hydrogen-bond donors (Lipinski definition) is 1. The fourth-order valence-electron chi connectivity index (χ4n) is 1.21. The molecule has 0 bridgehead atoms. The molecule has 0 saturated heterocycles. The standard InChI is InChI=1S/C9H17N3O2/c1-6(2)4-7(10)9-11-8(5-13-3)12-14-9/h6-7H,4-5,10H2,1-3H3. The molecule has 0 aliphatic rings. The minimum absolute atomic E-state index is 0.173. The molecule has 0 saturated carbocycles. The lowest BCUT2D eigenvalue weighted by Gasteiger charge is -2.08. The van der Waals surface area contributed by atoms with Crippen LogP contribution in [0, 0.1) is 5.92 Å². The number of hydrogen-bond acceptors (Lipinski definition) is 5. The van der Waals surface area contributed by atoms with Crippen LogP contribution in [0.3, 0.4) is 0 Å². The molecular weight excluding hydrogens is 182 g/mol. The van der Waals surface area contributed by atoms with Crippen molar-refractivity contribution in [3.8, 4) is 0 Å². The molecule has 0 aliphatic carbocycles. The quantitative estimate of drug-likeness (QED) is 0.772. The summed E-state index contributed by atoms with van der Waals surface area (Å²) in [7, 11) is 1.59. The summed E-state index contributed by atoms with van der Waals surface area (Å²) in [5.74, 6) is 1.55. The van der Waals surface area contributed by atoms with Gasteiger partial charge in [0.05, 0.1) is 6.04 Å².